The first kappa shape index (κ1) is 27.7. The fourth-order valence-corrected chi connectivity index (χ4v) is 5.81. The molecule has 0 radical (unpaired) electrons. The Balaban J connectivity index is 1.59. The van der Waals surface area contributed by atoms with Gasteiger partial charge in [0.1, 0.15) is 24.9 Å². The summed E-state index contributed by atoms with van der Waals surface area (Å²) < 4.78 is 4.58. The van der Waals surface area contributed by atoms with Gasteiger partial charge in [0.15, 0.2) is 0 Å². The van der Waals surface area contributed by atoms with Gasteiger partial charge in [-0.05, 0) is 23.3 Å². The number of esters is 1. The third kappa shape index (κ3) is 8.35. The lowest BCUT2D eigenvalue weighted by molar-refractivity contribution is -0.384. The molecule has 0 fully saturated rings. The lowest BCUT2D eigenvalue weighted by atomic mass is 10.1. The molecule has 0 saturated heterocycles. The molecule has 0 amide bonds. The number of rotatable bonds is 13. The van der Waals surface area contributed by atoms with Gasteiger partial charge >= 0.3 is 5.97 Å². The number of thioether (sulfide) groups is 2. The molecule has 3 N–H and O–H groups in total. The highest BCUT2D eigenvalue weighted by Crippen LogP contribution is 2.34. The summed E-state index contributed by atoms with van der Waals surface area (Å²) in [6.45, 7) is -0.548. The molecule has 3 atom stereocenters. The van der Waals surface area contributed by atoms with Crippen LogP contribution in [0.4, 0.5) is 5.69 Å². The number of carbonyl (C=O) groups excluding carboxylic acids is 1. The van der Waals surface area contributed by atoms with E-state index in [1.807, 2.05) is 60.7 Å². The molecule has 0 heterocycles. The molecule has 0 aromatic heterocycles. The molecule has 190 valence electrons. The third-order valence-electron chi connectivity index (χ3n) is 5.24. The van der Waals surface area contributed by atoms with Gasteiger partial charge < -0.3 is 20.1 Å². The van der Waals surface area contributed by atoms with Crippen LogP contribution < -0.4 is 0 Å². The van der Waals surface area contributed by atoms with Crippen LogP contribution in [0.2, 0.25) is 0 Å². The molecule has 8 nitrogen and oxygen atoms in total. The summed E-state index contributed by atoms with van der Waals surface area (Å²) in [5, 5.41) is 42.7. The standard InChI is InChI=1S/C26H27NO7S2/c28-22(15-34-25(31)20-11-13-21(14-12-20)27(32)33)23(29)24(30)26(35-16-18-7-3-1-4-8-18)36-17-19-9-5-2-6-10-19/h1-14,22-24,26,28-30H,15-17H2/t22-,23+,24+/m1/s1. The van der Waals surface area contributed by atoms with E-state index in [-0.39, 0.29) is 11.3 Å². The van der Waals surface area contributed by atoms with Crippen LogP contribution in [0, 0.1) is 10.1 Å². The molecule has 3 aromatic carbocycles. The minimum Gasteiger partial charge on any atom is -0.459 e. The van der Waals surface area contributed by atoms with Gasteiger partial charge in [-0.2, -0.15) is 0 Å². The number of benzene rings is 3. The highest BCUT2D eigenvalue weighted by atomic mass is 32.2. The summed E-state index contributed by atoms with van der Waals surface area (Å²) >= 11 is 2.90. The molecule has 0 aliphatic rings. The number of nitro benzene ring substituents is 1. The average molecular weight is 530 g/mol. The fraction of sp³-hybridized carbons (Fsp3) is 0.269. The number of nitro groups is 1. The zero-order chi connectivity index (χ0) is 25.9. The van der Waals surface area contributed by atoms with Gasteiger partial charge in [0.25, 0.3) is 5.69 Å². The van der Waals surface area contributed by atoms with E-state index in [2.05, 4.69) is 0 Å². The number of hydrogen-bond acceptors (Lipinski definition) is 9. The molecule has 10 heteroatoms. The van der Waals surface area contributed by atoms with Gasteiger partial charge in [-0.25, -0.2) is 4.79 Å². The SMILES string of the molecule is O=C(OC[C@@H](O)[C@H](O)[C@H](O)C(SCc1ccccc1)SCc1ccccc1)c1ccc([N+](=O)[O-])cc1. The quantitative estimate of drug-likeness (QED) is 0.130. The van der Waals surface area contributed by atoms with Gasteiger partial charge in [0.05, 0.1) is 15.1 Å². The molecule has 0 aliphatic carbocycles. The van der Waals surface area contributed by atoms with E-state index >= 15 is 0 Å². The maximum atomic E-state index is 12.2. The van der Waals surface area contributed by atoms with Gasteiger partial charge in [0, 0.05) is 23.6 Å². The predicted octanol–water partition coefficient (Wildman–Crippen LogP) is 4.03. The zero-order valence-electron chi connectivity index (χ0n) is 19.3. The maximum Gasteiger partial charge on any atom is 0.338 e. The second-order valence-corrected chi connectivity index (χ2v) is 10.5. The number of aliphatic hydroxyl groups excluding tert-OH is 3. The predicted molar refractivity (Wildman–Crippen MR) is 141 cm³/mol. The van der Waals surface area contributed by atoms with E-state index in [1.165, 1.54) is 47.8 Å². The van der Waals surface area contributed by atoms with Crippen molar-refractivity contribution < 1.29 is 29.8 Å². The Morgan fingerprint density at radius 3 is 1.78 bits per heavy atom. The molecule has 36 heavy (non-hydrogen) atoms. The normalized spacial score (nSPS) is 13.7. The van der Waals surface area contributed by atoms with Crippen molar-refractivity contribution in [3.63, 3.8) is 0 Å². The highest BCUT2D eigenvalue weighted by molar-refractivity contribution is 8.16. The van der Waals surface area contributed by atoms with E-state index in [4.69, 9.17) is 4.74 Å². The van der Waals surface area contributed by atoms with Crippen LogP contribution in [0.1, 0.15) is 21.5 Å². The number of ether oxygens (including phenoxy) is 1. The Bertz CT molecular complexity index is 1060. The zero-order valence-corrected chi connectivity index (χ0v) is 20.9. The van der Waals surface area contributed by atoms with Crippen molar-refractivity contribution in [3.8, 4) is 0 Å². The van der Waals surface area contributed by atoms with Crippen LogP contribution in [-0.4, -0.2) is 55.7 Å². The summed E-state index contributed by atoms with van der Waals surface area (Å²) in [4.78, 5) is 22.4. The largest absolute Gasteiger partial charge is 0.459 e. The maximum absolute atomic E-state index is 12.2. The van der Waals surface area contributed by atoms with Crippen LogP contribution >= 0.6 is 23.5 Å². The first-order valence-electron chi connectivity index (χ1n) is 11.1. The van der Waals surface area contributed by atoms with Crippen LogP contribution in [0.15, 0.2) is 84.9 Å². The Morgan fingerprint density at radius 1 is 0.806 bits per heavy atom. The van der Waals surface area contributed by atoms with Crippen molar-refractivity contribution in [3.05, 3.63) is 112 Å². The highest BCUT2D eigenvalue weighted by Gasteiger charge is 2.33. The third-order valence-corrected chi connectivity index (χ3v) is 8.27. The Hall–Kier alpha value is -2.89. The van der Waals surface area contributed by atoms with E-state index in [0.29, 0.717) is 11.5 Å². The van der Waals surface area contributed by atoms with Gasteiger partial charge in [-0.15, -0.1) is 23.5 Å². The molecule has 0 unspecified atom stereocenters. The van der Waals surface area contributed by atoms with E-state index < -0.39 is 40.4 Å². The molecule has 3 aromatic rings. The molecule has 0 aliphatic heterocycles. The number of non-ortho nitro benzene ring substituents is 1. The molecule has 0 saturated carbocycles. The minimum absolute atomic E-state index is 0.0672. The summed E-state index contributed by atoms with van der Waals surface area (Å²) in [7, 11) is 0. The topological polar surface area (TPSA) is 130 Å². The van der Waals surface area contributed by atoms with Crippen molar-refractivity contribution in [1.82, 2.24) is 0 Å². The van der Waals surface area contributed by atoms with Gasteiger partial charge in [-0.1, -0.05) is 60.7 Å². The Morgan fingerprint density at radius 2 is 1.31 bits per heavy atom. The second-order valence-electron chi connectivity index (χ2n) is 7.91. The van der Waals surface area contributed by atoms with Crippen LogP contribution in [0.3, 0.4) is 0 Å². The first-order valence-corrected chi connectivity index (χ1v) is 13.2. The van der Waals surface area contributed by atoms with Crippen molar-refractivity contribution in [2.45, 2.75) is 34.4 Å². The summed E-state index contributed by atoms with van der Waals surface area (Å²) in [6, 6.07) is 24.3. The van der Waals surface area contributed by atoms with Crippen molar-refractivity contribution >= 4 is 35.2 Å². The number of carbonyl (C=O) groups is 1. The first-order chi connectivity index (χ1) is 17.3. The monoisotopic (exact) mass is 529 g/mol. The number of nitrogens with zero attached hydrogens (tertiary/aromatic N) is 1. The summed E-state index contributed by atoms with van der Waals surface area (Å²) in [5.41, 5.74) is 2.02. The smallest absolute Gasteiger partial charge is 0.338 e. The van der Waals surface area contributed by atoms with Crippen LogP contribution in [-0.2, 0) is 16.2 Å². The van der Waals surface area contributed by atoms with Crippen LogP contribution in [0.5, 0.6) is 0 Å². The molecular weight excluding hydrogens is 502 g/mol. The van der Waals surface area contributed by atoms with Crippen molar-refractivity contribution in [1.29, 1.82) is 0 Å². The second kappa shape index (κ2) is 14.0. The van der Waals surface area contributed by atoms with E-state index in [1.54, 1.807) is 0 Å². The molecular formula is C26H27NO7S2. The lowest BCUT2D eigenvalue weighted by Crippen LogP contribution is -2.44. The lowest BCUT2D eigenvalue weighted by Gasteiger charge is -2.29. The number of aliphatic hydroxyl groups is 3. The Labute approximate surface area is 217 Å². The van der Waals surface area contributed by atoms with E-state index in [9.17, 15) is 30.2 Å². The van der Waals surface area contributed by atoms with Crippen molar-refractivity contribution in [2.24, 2.45) is 0 Å². The molecule has 3 rings (SSSR count). The minimum atomic E-state index is -1.56. The summed E-state index contributed by atoms with van der Waals surface area (Å²) in [6.07, 6.45) is -4.40. The fourth-order valence-electron chi connectivity index (χ4n) is 3.20. The van der Waals surface area contributed by atoms with E-state index in [0.717, 1.165) is 11.1 Å². The van der Waals surface area contributed by atoms with Crippen LogP contribution in [0.25, 0.3) is 0 Å². The average Bonchev–Trinajstić information content (AvgIpc) is 2.92. The van der Waals surface area contributed by atoms with Crippen molar-refractivity contribution in [2.75, 3.05) is 6.61 Å². The molecule has 0 spiro atoms. The number of hydrogen-bond donors (Lipinski definition) is 3. The Kier molecular flexibility index (Phi) is 10.8. The summed E-state index contributed by atoms with van der Waals surface area (Å²) in [5.74, 6) is 0.393. The van der Waals surface area contributed by atoms with Gasteiger partial charge in [0.2, 0.25) is 0 Å². The van der Waals surface area contributed by atoms with Gasteiger partial charge in [-0.3, -0.25) is 10.1 Å². The molecule has 0 bridgehead atoms.